The summed E-state index contributed by atoms with van der Waals surface area (Å²) in [5.41, 5.74) is 3.54. The molecule has 2 aromatic rings. The van der Waals surface area contributed by atoms with Crippen molar-refractivity contribution in [1.82, 2.24) is 0 Å². The number of allylic oxidation sites excluding steroid dienone is 2. The molecule has 0 fully saturated rings. The highest BCUT2D eigenvalue weighted by Gasteiger charge is 1.95. The van der Waals surface area contributed by atoms with Gasteiger partial charge in [0.15, 0.2) is 0 Å². The van der Waals surface area contributed by atoms with E-state index in [0.29, 0.717) is 0 Å². The van der Waals surface area contributed by atoms with E-state index in [4.69, 9.17) is 0 Å². The molecule has 0 saturated heterocycles. The fourth-order valence-electron chi connectivity index (χ4n) is 1.62. The highest BCUT2D eigenvalue weighted by molar-refractivity contribution is 5.87. The molecule has 0 heteroatoms. The van der Waals surface area contributed by atoms with E-state index in [-0.39, 0.29) is 0 Å². The monoisotopic (exact) mass is 206 g/mol. The van der Waals surface area contributed by atoms with Crippen LogP contribution in [0.3, 0.4) is 0 Å². The van der Waals surface area contributed by atoms with Crippen LogP contribution < -0.4 is 0 Å². The molecule has 0 nitrogen and oxygen atoms in total. The first-order chi connectivity index (χ1) is 7.90. The molecule has 0 aliphatic heterocycles. The van der Waals surface area contributed by atoms with Crippen LogP contribution in [0.25, 0.3) is 11.6 Å². The van der Waals surface area contributed by atoms with E-state index in [2.05, 4.69) is 36.9 Å². The quantitative estimate of drug-likeness (QED) is 0.515. The molecule has 0 N–H and O–H groups in total. The summed E-state index contributed by atoms with van der Waals surface area (Å²) in [5, 5.41) is 0. The van der Waals surface area contributed by atoms with Gasteiger partial charge in [-0.25, -0.2) is 0 Å². The van der Waals surface area contributed by atoms with Crippen LogP contribution in [0.1, 0.15) is 11.1 Å². The van der Waals surface area contributed by atoms with Crippen molar-refractivity contribution < 1.29 is 0 Å². The molecule has 0 atom stereocenters. The highest BCUT2D eigenvalue weighted by Crippen LogP contribution is 2.18. The topological polar surface area (TPSA) is 0 Å². The third-order valence-corrected chi connectivity index (χ3v) is 2.45. The fraction of sp³-hybridized carbons (Fsp3) is 0. The summed E-state index contributed by atoms with van der Waals surface area (Å²) in [6, 6.07) is 20.6. The first-order valence-electron chi connectivity index (χ1n) is 5.35. The van der Waals surface area contributed by atoms with Crippen molar-refractivity contribution in [3.63, 3.8) is 0 Å². The maximum atomic E-state index is 3.87. The average Bonchev–Trinajstić information content (AvgIpc) is 2.38. The van der Waals surface area contributed by atoms with Crippen LogP contribution in [0.5, 0.6) is 0 Å². The third-order valence-electron chi connectivity index (χ3n) is 2.45. The SMILES string of the molecule is C=C/C(=C\c1ccccc1)c1ccccc1. The van der Waals surface area contributed by atoms with Gasteiger partial charge in [-0.1, -0.05) is 73.3 Å². The van der Waals surface area contributed by atoms with Gasteiger partial charge in [-0.2, -0.15) is 0 Å². The average molecular weight is 206 g/mol. The Morgan fingerprint density at radius 3 is 1.94 bits per heavy atom. The molecule has 0 aromatic heterocycles. The molecule has 16 heavy (non-hydrogen) atoms. The summed E-state index contributed by atoms with van der Waals surface area (Å²) >= 11 is 0. The van der Waals surface area contributed by atoms with E-state index in [1.165, 1.54) is 11.1 Å². The molecule has 0 aliphatic carbocycles. The van der Waals surface area contributed by atoms with Crippen LogP contribution in [0.2, 0.25) is 0 Å². The second-order valence-electron chi connectivity index (χ2n) is 3.58. The Morgan fingerprint density at radius 1 is 0.812 bits per heavy atom. The zero-order valence-electron chi connectivity index (χ0n) is 9.14. The van der Waals surface area contributed by atoms with Crippen LogP contribution in [0.4, 0.5) is 0 Å². The first-order valence-corrected chi connectivity index (χ1v) is 5.35. The van der Waals surface area contributed by atoms with Gasteiger partial charge in [-0.15, -0.1) is 0 Å². The van der Waals surface area contributed by atoms with Gasteiger partial charge < -0.3 is 0 Å². The second-order valence-corrected chi connectivity index (χ2v) is 3.58. The molecule has 0 bridgehead atoms. The minimum absolute atomic E-state index is 1.15. The largest absolute Gasteiger partial charge is 0.0984 e. The van der Waals surface area contributed by atoms with Crippen molar-refractivity contribution >= 4 is 11.6 Å². The number of benzene rings is 2. The van der Waals surface area contributed by atoms with Crippen LogP contribution in [-0.4, -0.2) is 0 Å². The van der Waals surface area contributed by atoms with Gasteiger partial charge in [-0.05, 0) is 22.8 Å². The van der Waals surface area contributed by atoms with Crippen molar-refractivity contribution in [2.75, 3.05) is 0 Å². The van der Waals surface area contributed by atoms with E-state index in [0.717, 1.165) is 5.57 Å². The van der Waals surface area contributed by atoms with Crippen molar-refractivity contribution in [1.29, 1.82) is 0 Å². The summed E-state index contributed by atoms with van der Waals surface area (Å²) in [6.07, 6.45) is 4.03. The van der Waals surface area contributed by atoms with Gasteiger partial charge in [0.2, 0.25) is 0 Å². The van der Waals surface area contributed by atoms with E-state index < -0.39 is 0 Å². The lowest BCUT2D eigenvalue weighted by Crippen LogP contribution is -1.80. The minimum Gasteiger partial charge on any atom is -0.0984 e. The number of hydrogen-bond acceptors (Lipinski definition) is 0. The van der Waals surface area contributed by atoms with Crippen molar-refractivity contribution in [2.45, 2.75) is 0 Å². The fourth-order valence-corrected chi connectivity index (χ4v) is 1.62. The van der Waals surface area contributed by atoms with E-state index in [1.54, 1.807) is 0 Å². The van der Waals surface area contributed by atoms with Crippen molar-refractivity contribution in [2.24, 2.45) is 0 Å². The molecule has 0 heterocycles. The van der Waals surface area contributed by atoms with Gasteiger partial charge in [-0.3, -0.25) is 0 Å². The lowest BCUT2D eigenvalue weighted by molar-refractivity contribution is 1.62. The standard InChI is InChI=1S/C16H14/c1-2-15(16-11-7-4-8-12-16)13-14-9-5-3-6-10-14/h2-13H,1H2/b15-13+. The lowest BCUT2D eigenvalue weighted by Gasteiger charge is -2.02. The molecule has 2 rings (SSSR count). The lowest BCUT2D eigenvalue weighted by atomic mass is 10.0. The molecule has 2 aromatic carbocycles. The number of rotatable bonds is 3. The van der Waals surface area contributed by atoms with E-state index in [1.807, 2.05) is 42.5 Å². The van der Waals surface area contributed by atoms with Gasteiger partial charge in [0.05, 0.1) is 0 Å². The zero-order chi connectivity index (χ0) is 11.2. The summed E-state index contributed by atoms with van der Waals surface area (Å²) in [6.45, 7) is 3.87. The highest BCUT2D eigenvalue weighted by atomic mass is 14.0. The van der Waals surface area contributed by atoms with Gasteiger partial charge in [0, 0.05) is 0 Å². The van der Waals surface area contributed by atoms with Crippen molar-refractivity contribution in [3.8, 4) is 0 Å². The zero-order valence-corrected chi connectivity index (χ0v) is 9.14. The molecule has 0 radical (unpaired) electrons. The predicted molar refractivity (Wildman–Crippen MR) is 71.0 cm³/mol. The summed E-state index contributed by atoms with van der Waals surface area (Å²) < 4.78 is 0. The molecule has 0 unspecified atom stereocenters. The second kappa shape index (κ2) is 5.13. The Hall–Kier alpha value is -2.08. The van der Waals surface area contributed by atoms with E-state index >= 15 is 0 Å². The Kier molecular flexibility index (Phi) is 3.35. The number of hydrogen-bond donors (Lipinski definition) is 0. The Morgan fingerprint density at radius 2 is 1.38 bits per heavy atom. The minimum atomic E-state index is 1.15. The van der Waals surface area contributed by atoms with E-state index in [9.17, 15) is 0 Å². The molecular formula is C16H14. The van der Waals surface area contributed by atoms with Crippen LogP contribution in [0.15, 0.2) is 73.3 Å². The van der Waals surface area contributed by atoms with Crippen molar-refractivity contribution in [3.05, 3.63) is 84.4 Å². The van der Waals surface area contributed by atoms with Gasteiger partial charge in [0.1, 0.15) is 0 Å². The summed E-state index contributed by atoms with van der Waals surface area (Å²) in [5.74, 6) is 0. The summed E-state index contributed by atoms with van der Waals surface area (Å²) in [7, 11) is 0. The molecule has 0 saturated carbocycles. The normalized spacial score (nSPS) is 11.1. The molecule has 0 amide bonds. The smallest absolute Gasteiger partial charge is 0.0184 e. The Balaban J connectivity index is 2.38. The Labute approximate surface area is 96.6 Å². The summed E-state index contributed by atoms with van der Waals surface area (Å²) in [4.78, 5) is 0. The van der Waals surface area contributed by atoms with Gasteiger partial charge in [0.25, 0.3) is 0 Å². The van der Waals surface area contributed by atoms with Crippen LogP contribution in [-0.2, 0) is 0 Å². The van der Waals surface area contributed by atoms with Crippen LogP contribution >= 0.6 is 0 Å². The third kappa shape index (κ3) is 2.48. The van der Waals surface area contributed by atoms with Crippen LogP contribution in [0, 0.1) is 0 Å². The first kappa shape index (κ1) is 10.4. The van der Waals surface area contributed by atoms with Gasteiger partial charge >= 0.3 is 0 Å². The molecule has 0 spiro atoms. The Bertz CT molecular complexity index is 478. The molecule has 78 valence electrons. The maximum Gasteiger partial charge on any atom is -0.0184 e. The predicted octanol–water partition coefficient (Wildman–Crippen LogP) is 4.41. The molecule has 0 aliphatic rings. The molecular weight excluding hydrogens is 192 g/mol. The maximum absolute atomic E-state index is 3.87.